The number of aliphatic carboxylic acids is 1. The molecule has 1 heterocycles. The molecule has 3 N–H and O–H groups in total. The van der Waals surface area contributed by atoms with E-state index in [0.717, 1.165) is 17.9 Å². The summed E-state index contributed by atoms with van der Waals surface area (Å²) in [4.78, 5) is 11.3. The van der Waals surface area contributed by atoms with E-state index in [4.69, 9.17) is 15.2 Å². The van der Waals surface area contributed by atoms with Gasteiger partial charge in [0.15, 0.2) is 11.5 Å². The van der Waals surface area contributed by atoms with Crippen LogP contribution in [0.15, 0.2) is 18.2 Å². The molecular weight excluding hydrogens is 278 g/mol. The van der Waals surface area contributed by atoms with Crippen molar-refractivity contribution in [1.82, 2.24) is 0 Å². The first-order valence-corrected chi connectivity index (χ1v) is 7.67. The Morgan fingerprint density at radius 3 is 2.95 bits per heavy atom. The average Bonchev–Trinajstić information content (AvgIpc) is 2.93. The Morgan fingerprint density at radius 2 is 2.40 bits per heavy atom. The van der Waals surface area contributed by atoms with Gasteiger partial charge in [-0.2, -0.15) is 11.8 Å². The van der Waals surface area contributed by atoms with Gasteiger partial charge in [0.25, 0.3) is 0 Å². The van der Waals surface area contributed by atoms with Crippen LogP contribution in [0.2, 0.25) is 0 Å². The molecule has 0 radical (unpaired) electrons. The number of hydrogen-bond donors (Lipinski definition) is 2. The van der Waals surface area contributed by atoms with Gasteiger partial charge in [-0.1, -0.05) is 12.1 Å². The Labute approximate surface area is 122 Å². The largest absolute Gasteiger partial charge is 0.493 e. The Morgan fingerprint density at radius 1 is 1.60 bits per heavy atom. The van der Waals surface area contributed by atoms with Gasteiger partial charge < -0.3 is 20.3 Å². The molecule has 6 heteroatoms. The average molecular weight is 297 g/mol. The third kappa shape index (κ3) is 3.19. The summed E-state index contributed by atoms with van der Waals surface area (Å²) >= 11 is 1.83. The molecular formula is C14H19NO4S. The van der Waals surface area contributed by atoms with Crippen molar-refractivity contribution < 1.29 is 19.4 Å². The van der Waals surface area contributed by atoms with Crippen LogP contribution in [-0.2, 0) is 4.79 Å². The Kier molecular flexibility index (Phi) is 5.14. The lowest BCUT2D eigenvalue weighted by atomic mass is 9.98. The highest BCUT2D eigenvalue weighted by molar-refractivity contribution is 7.99. The van der Waals surface area contributed by atoms with Crippen molar-refractivity contribution >= 4 is 17.7 Å². The van der Waals surface area contributed by atoms with Crippen LogP contribution in [-0.4, -0.2) is 42.3 Å². The number of carboxylic acids is 1. The molecule has 2 unspecified atom stereocenters. The van der Waals surface area contributed by atoms with Gasteiger partial charge in [-0.15, -0.1) is 0 Å². The molecule has 2 atom stereocenters. The highest BCUT2D eigenvalue weighted by Gasteiger charge is 2.27. The zero-order valence-electron chi connectivity index (χ0n) is 11.4. The molecule has 0 aromatic heterocycles. The number of thioether (sulfide) groups is 1. The number of nitrogens with two attached hydrogens (primary N) is 1. The van der Waals surface area contributed by atoms with Crippen molar-refractivity contribution in [2.24, 2.45) is 5.73 Å². The summed E-state index contributed by atoms with van der Waals surface area (Å²) < 4.78 is 11.3. The van der Waals surface area contributed by atoms with Crippen molar-refractivity contribution in [2.45, 2.75) is 18.4 Å². The van der Waals surface area contributed by atoms with Crippen LogP contribution in [0.3, 0.4) is 0 Å². The van der Waals surface area contributed by atoms with Crippen molar-refractivity contribution in [2.75, 3.05) is 25.2 Å². The third-order valence-corrected chi connectivity index (χ3v) is 4.44. The molecule has 1 aromatic carbocycles. The Balaban J connectivity index is 2.36. The number of rotatable bonds is 6. The standard InChI is InChI=1S/C14H19NO4S/c1-18-12-4-2-3-10(11(7-15)14(16)17)13(12)19-9-5-6-20-8-9/h2-4,9,11H,5-8,15H2,1H3,(H,16,17). The summed E-state index contributed by atoms with van der Waals surface area (Å²) in [6.45, 7) is 0.0261. The van der Waals surface area contributed by atoms with Gasteiger partial charge in [0.1, 0.15) is 6.10 Å². The molecule has 0 spiro atoms. The topological polar surface area (TPSA) is 81.8 Å². The van der Waals surface area contributed by atoms with Crippen LogP contribution in [0.1, 0.15) is 17.9 Å². The number of carbonyl (C=O) groups is 1. The van der Waals surface area contributed by atoms with Crippen LogP contribution in [0, 0.1) is 0 Å². The number of hydrogen-bond acceptors (Lipinski definition) is 5. The van der Waals surface area contributed by atoms with Crippen molar-refractivity contribution in [3.8, 4) is 11.5 Å². The zero-order chi connectivity index (χ0) is 14.5. The maximum Gasteiger partial charge on any atom is 0.312 e. The summed E-state index contributed by atoms with van der Waals surface area (Å²) in [5.41, 5.74) is 6.17. The molecule has 0 amide bonds. The predicted molar refractivity (Wildman–Crippen MR) is 78.8 cm³/mol. The minimum Gasteiger partial charge on any atom is -0.493 e. The van der Waals surface area contributed by atoms with Crippen molar-refractivity contribution in [3.05, 3.63) is 23.8 Å². The highest BCUT2D eigenvalue weighted by atomic mass is 32.2. The highest BCUT2D eigenvalue weighted by Crippen LogP contribution is 2.37. The van der Waals surface area contributed by atoms with E-state index in [-0.39, 0.29) is 12.6 Å². The first-order valence-electron chi connectivity index (χ1n) is 6.51. The first kappa shape index (κ1) is 15.0. The molecule has 110 valence electrons. The van der Waals surface area contributed by atoms with Crippen LogP contribution in [0.4, 0.5) is 0 Å². The summed E-state index contributed by atoms with van der Waals surface area (Å²) in [5.74, 6) is 1.31. The quantitative estimate of drug-likeness (QED) is 0.832. The van der Waals surface area contributed by atoms with Crippen LogP contribution in [0.25, 0.3) is 0 Å². The molecule has 0 aliphatic carbocycles. The molecule has 1 saturated heterocycles. The minimum atomic E-state index is -0.952. The van der Waals surface area contributed by atoms with E-state index in [0.29, 0.717) is 17.1 Å². The number of carboxylic acid groups (broad SMARTS) is 1. The number of ether oxygens (including phenoxy) is 2. The van der Waals surface area contributed by atoms with Gasteiger partial charge in [0.05, 0.1) is 13.0 Å². The SMILES string of the molecule is COc1cccc(C(CN)C(=O)O)c1OC1CCSC1. The molecule has 1 aromatic rings. The van der Waals surface area contributed by atoms with E-state index in [2.05, 4.69) is 0 Å². The minimum absolute atomic E-state index is 0.0261. The second kappa shape index (κ2) is 6.85. The van der Waals surface area contributed by atoms with E-state index in [1.165, 1.54) is 0 Å². The van der Waals surface area contributed by atoms with Crippen molar-refractivity contribution in [1.29, 1.82) is 0 Å². The van der Waals surface area contributed by atoms with Gasteiger partial charge in [0.2, 0.25) is 0 Å². The number of para-hydroxylation sites is 1. The van der Waals surface area contributed by atoms with E-state index in [9.17, 15) is 9.90 Å². The molecule has 2 rings (SSSR count). The third-order valence-electron chi connectivity index (χ3n) is 3.31. The molecule has 1 aliphatic heterocycles. The van der Waals surface area contributed by atoms with E-state index in [1.807, 2.05) is 11.8 Å². The maximum absolute atomic E-state index is 11.3. The van der Waals surface area contributed by atoms with Gasteiger partial charge >= 0.3 is 5.97 Å². The van der Waals surface area contributed by atoms with E-state index in [1.54, 1.807) is 25.3 Å². The molecule has 1 aliphatic rings. The fourth-order valence-corrected chi connectivity index (χ4v) is 3.32. The van der Waals surface area contributed by atoms with E-state index >= 15 is 0 Å². The second-order valence-corrected chi connectivity index (χ2v) is 5.76. The Bertz CT molecular complexity index is 474. The monoisotopic (exact) mass is 297 g/mol. The fraction of sp³-hybridized carbons (Fsp3) is 0.500. The second-order valence-electron chi connectivity index (χ2n) is 4.61. The summed E-state index contributed by atoms with van der Waals surface area (Å²) in [5, 5.41) is 9.30. The molecule has 1 fully saturated rings. The van der Waals surface area contributed by atoms with Crippen LogP contribution < -0.4 is 15.2 Å². The lowest BCUT2D eigenvalue weighted by Gasteiger charge is -2.21. The molecule has 20 heavy (non-hydrogen) atoms. The smallest absolute Gasteiger partial charge is 0.312 e. The van der Waals surface area contributed by atoms with Crippen LogP contribution in [0.5, 0.6) is 11.5 Å². The van der Waals surface area contributed by atoms with Gasteiger partial charge in [0, 0.05) is 17.9 Å². The fourth-order valence-electron chi connectivity index (χ4n) is 2.23. The number of benzene rings is 1. The molecule has 0 saturated carbocycles. The summed E-state index contributed by atoms with van der Waals surface area (Å²) in [7, 11) is 1.55. The summed E-state index contributed by atoms with van der Waals surface area (Å²) in [6.07, 6.45) is 1.06. The normalized spacial score (nSPS) is 19.6. The summed E-state index contributed by atoms with van der Waals surface area (Å²) in [6, 6.07) is 5.28. The maximum atomic E-state index is 11.3. The van der Waals surface area contributed by atoms with Gasteiger partial charge in [-0.05, 0) is 18.2 Å². The number of methoxy groups -OCH3 is 1. The van der Waals surface area contributed by atoms with Crippen LogP contribution >= 0.6 is 11.8 Å². The predicted octanol–water partition coefficient (Wildman–Crippen LogP) is 1.71. The lowest BCUT2D eigenvalue weighted by molar-refractivity contribution is -0.138. The molecule has 0 bridgehead atoms. The van der Waals surface area contributed by atoms with Gasteiger partial charge in [-0.3, -0.25) is 4.79 Å². The lowest BCUT2D eigenvalue weighted by Crippen LogP contribution is -2.23. The first-order chi connectivity index (χ1) is 9.67. The van der Waals surface area contributed by atoms with E-state index < -0.39 is 11.9 Å². The molecule has 5 nitrogen and oxygen atoms in total. The van der Waals surface area contributed by atoms with Crippen molar-refractivity contribution in [3.63, 3.8) is 0 Å². The zero-order valence-corrected chi connectivity index (χ0v) is 12.2. The Hall–Kier alpha value is -1.40. The van der Waals surface area contributed by atoms with Gasteiger partial charge in [-0.25, -0.2) is 0 Å².